The van der Waals surface area contributed by atoms with Gasteiger partial charge in [0.2, 0.25) is 15.9 Å². The number of benzene rings is 1. The first kappa shape index (κ1) is 16.6. The summed E-state index contributed by atoms with van der Waals surface area (Å²) in [6, 6.07) is 6.43. The number of carbonyl (C=O) groups is 1. The van der Waals surface area contributed by atoms with Crippen LogP contribution >= 0.6 is 0 Å². The van der Waals surface area contributed by atoms with E-state index in [1.54, 1.807) is 19.2 Å². The minimum Gasteiger partial charge on any atom is -0.385 e. The Labute approximate surface area is 119 Å². The van der Waals surface area contributed by atoms with Crippen LogP contribution in [-0.4, -0.2) is 41.1 Å². The fraction of sp³-hybridized carbons (Fsp3) is 0.462. The third kappa shape index (κ3) is 5.68. The number of sulfonamides is 1. The van der Waals surface area contributed by atoms with Crippen LogP contribution in [0.3, 0.4) is 0 Å². The minimum absolute atomic E-state index is 0.148. The molecule has 0 saturated carbocycles. The number of ether oxygens (including phenoxy) is 1. The van der Waals surface area contributed by atoms with Gasteiger partial charge < -0.3 is 10.1 Å². The molecule has 1 aromatic rings. The molecule has 0 bridgehead atoms. The van der Waals surface area contributed by atoms with Crippen molar-refractivity contribution < 1.29 is 17.9 Å². The van der Waals surface area contributed by atoms with Gasteiger partial charge in [-0.3, -0.25) is 4.79 Å². The Morgan fingerprint density at radius 3 is 2.50 bits per heavy atom. The maximum absolute atomic E-state index is 11.9. The molecular formula is C13H20N2O4S. The maximum atomic E-state index is 11.9. The molecule has 1 aromatic carbocycles. The molecule has 0 aliphatic heterocycles. The second kappa shape index (κ2) is 7.98. The summed E-state index contributed by atoms with van der Waals surface area (Å²) >= 11 is 0. The fourth-order valence-corrected chi connectivity index (χ4v) is 2.45. The number of amides is 1. The van der Waals surface area contributed by atoms with Crippen LogP contribution in [0.4, 0.5) is 0 Å². The first-order chi connectivity index (χ1) is 9.45. The third-order valence-electron chi connectivity index (χ3n) is 2.60. The van der Waals surface area contributed by atoms with Crippen molar-refractivity contribution in [1.82, 2.24) is 10.0 Å². The Balaban J connectivity index is 2.43. The lowest BCUT2D eigenvalue weighted by atomic mass is 10.2. The average molecular weight is 300 g/mol. The standard InChI is InChI=1S/C13H20N2O4S/c1-11-4-6-12(7-5-11)20(17,18)15-10-13(16)14-8-3-9-19-2/h4-7,15H,3,8-10H2,1-2H3,(H,14,16). The Kier molecular flexibility index (Phi) is 6.63. The fourth-order valence-electron chi connectivity index (χ4n) is 1.47. The molecule has 0 heterocycles. The van der Waals surface area contributed by atoms with Crippen LogP contribution in [0.2, 0.25) is 0 Å². The number of carbonyl (C=O) groups excluding carboxylic acids is 1. The Morgan fingerprint density at radius 2 is 1.90 bits per heavy atom. The number of hydrogen-bond donors (Lipinski definition) is 2. The minimum atomic E-state index is -3.64. The number of rotatable bonds is 8. The van der Waals surface area contributed by atoms with Gasteiger partial charge in [0.15, 0.2) is 0 Å². The highest BCUT2D eigenvalue weighted by atomic mass is 32.2. The summed E-state index contributed by atoms with van der Waals surface area (Å²) in [6.07, 6.45) is 0.687. The summed E-state index contributed by atoms with van der Waals surface area (Å²) < 4.78 is 30.9. The van der Waals surface area contributed by atoms with E-state index in [2.05, 4.69) is 10.0 Å². The zero-order valence-corrected chi connectivity index (χ0v) is 12.5. The van der Waals surface area contributed by atoms with Crippen molar-refractivity contribution in [2.75, 3.05) is 26.8 Å². The molecular weight excluding hydrogens is 280 g/mol. The molecule has 0 saturated heterocycles. The molecule has 20 heavy (non-hydrogen) atoms. The van der Waals surface area contributed by atoms with Gasteiger partial charge in [-0.15, -0.1) is 0 Å². The van der Waals surface area contributed by atoms with Gasteiger partial charge in [-0.1, -0.05) is 17.7 Å². The molecule has 2 N–H and O–H groups in total. The summed E-state index contributed by atoms with van der Waals surface area (Å²) in [5.41, 5.74) is 0.972. The van der Waals surface area contributed by atoms with Gasteiger partial charge >= 0.3 is 0 Å². The highest BCUT2D eigenvalue weighted by Gasteiger charge is 2.14. The second-order valence-corrected chi connectivity index (χ2v) is 6.10. The Morgan fingerprint density at radius 1 is 1.25 bits per heavy atom. The van der Waals surface area contributed by atoms with Gasteiger partial charge in [0.1, 0.15) is 0 Å². The number of methoxy groups -OCH3 is 1. The molecule has 0 fully saturated rings. The van der Waals surface area contributed by atoms with Crippen LogP contribution in [0.1, 0.15) is 12.0 Å². The Bertz CT molecular complexity index is 526. The smallest absolute Gasteiger partial charge is 0.241 e. The molecule has 7 heteroatoms. The molecule has 0 unspecified atom stereocenters. The van der Waals surface area contributed by atoms with Gasteiger partial charge in [-0.2, -0.15) is 0 Å². The topological polar surface area (TPSA) is 84.5 Å². The lowest BCUT2D eigenvalue weighted by Crippen LogP contribution is -2.37. The molecule has 0 spiro atoms. The van der Waals surface area contributed by atoms with Gasteiger partial charge in [-0.05, 0) is 25.5 Å². The van der Waals surface area contributed by atoms with Crippen molar-refractivity contribution in [2.45, 2.75) is 18.2 Å². The molecule has 0 aliphatic rings. The van der Waals surface area contributed by atoms with E-state index in [0.29, 0.717) is 19.6 Å². The molecule has 0 aliphatic carbocycles. The van der Waals surface area contributed by atoms with Gasteiger partial charge in [0.05, 0.1) is 11.4 Å². The number of nitrogens with one attached hydrogen (secondary N) is 2. The zero-order valence-electron chi connectivity index (χ0n) is 11.7. The summed E-state index contributed by atoms with van der Waals surface area (Å²) in [4.78, 5) is 11.6. The first-order valence-corrected chi connectivity index (χ1v) is 7.76. The first-order valence-electron chi connectivity index (χ1n) is 6.27. The SMILES string of the molecule is COCCCNC(=O)CNS(=O)(=O)c1ccc(C)cc1. The maximum Gasteiger partial charge on any atom is 0.241 e. The lowest BCUT2D eigenvalue weighted by Gasteiger charge is -2.08. The molecule has 112 valence electrons. The van der Waals surface area contributed by atoms with E-state index >= 15 is 0 Å². The predicted molar refractivity (Wildman–Crippen MR) is 75.9 cm³/mol. The van der Waals surface area contributed by atoms with Crippen LogP contribution in [0, 0.1) is 6.92 Å². The van der Waals surface area contributed by atoms with Crippen LogP contribution in [0.15, 0.2) is 29.2 Å². The molecule has 1 amide bonds. The van der Waals surface area contributed by atoms with E-state index in [1.807, 2.05) is 6.92 Å². The highest BCUT2D eigenvalue weighted by molar-refractivity contribution is 7.89. The molecule has 6 nitrogen and oxygen atoms in total. The summed E-state index contributed by atoms with van der Waals surface area (Å²) in [5, 5.41) is 2.60. The third-order valence-corrected chi connectivity index (χ3v) is 4.02. The van der Waals surface area contributed by atoms with E-state index in [9.17, 15) is 13.2 Å². The number of aryl methyl sites for hydroxylation is 1. The lowest BCUT2D eigenvalue weighted by molar-refractivity contribution is -0.120. The highest BCUT2D eigenvalue weighted by Crippen LogP contribution is 2.09. The van der Waals surface area contributed by atoms with Gasteiger partial charge in [0.25, 0.3) is 0 Å². The summed E-state index contributed by atoms with van der Waals surface area (Å²) in [7, 11) is -2.06. The van der Waals surface area contributed by atoms with Crippen molar-refractivity contribution in [2.24, 2.45) is 0 Å². The van der Waals surface area contributed by atoms with Gasteiger partial charge in [-0.25, -0.2) is 13.1 Å². The van der Waals surface area contributed by atoms with Crippen molar-refractivity contribution >= 4 is 15.9 Å². The molecule has 0 radical (unpaired) electrons. The van der Waals surface area contributed by atoms with E-state index in [1.165, 1.54) is 12.1 Å². The van der Waals surface area contributed by atoms with Gasteiger partial charge in [0, 0.05) is 20.3 Å². The summed E-state index contributed by atoms with van der Waals surface area (Å²) in [6.45, 7) is 2.61. The average Bonchev–Trinajstić information content (AvgIpc) is 2.42. The van der Waals surface area contributed by atoms with Crippen molar-refractivity contribution in [3.63, 3.8) is 0 Å². The van der Waals surface area contributed by atoms with E-state index in [4.69, 9.17) is 4.74 Å². The predicted octanol–water partition coefficient (Wildman–Crippen LogP) is 0.426. The number of hydrogen-bond acceptors (Lipinski definition) is 4. The normalized spacial score (nSPS) is 11.3. The van der Waals surface area contributed by atoms with Crippen molar-refractivity contribution in [3.8, 4) is 0 Å². The zero-order chi connectivity index (χ0) is 15.0. The second-order valence-electron chi connectivity index (χ2n) is 4.33. The van der Waals surface area contributed by atoms with E-state index < -0.39 is 10.0 Å². The molecule has 1 rings (SSSR count). The molecule has 0 atom stereocenters. The van der Waals surface area contributed by atoms with Crippen LogP contribution < -0.4 is 10.0 Å². The van der Waals surface area contributed by atoms with Crippen molar-refractivity contribution in [3.05, 3.63) is 29.8 Å². The van der Waals surface area contributed by atoms with Crippen LogP contribution in [0.25, 0.3) is 0 Å². The van der Waals surface area contributed by atoms with Crippen molar-refractivity contribution in [1.29, 1.82) is 0 Å². The quantitative estimate of drug-likeness (QED) is 0.682. The molecule has 0 aromatic heterocycles. The summed E-state index contributed by atoms with van der Waals surface area (Å²) in [5.74, 6) is -0.364. The van der Waals surface area contributed by atoms with E-state index in [-0.39, 0.29) is 17.3 Å². The van der Waals surface area contributed by atoms with Crippen LogP contribution in [0.5, 0.6) is 0 Å². The Hall–Kier alpha value is -1.44. The van der Waals surface area contributed by atoms with E-state index in [0.717, 1.165) is 5.56 Å². The van der Waals surface area contributed by atoms with Crippen LogP contribution in [-0.2, 0) is 19.6 Å². The monoisotopic (exact) mass is 300 g/mol. The largest absolute Gasteiger partial charge is 0.385 e.